The van der Waals surface area contributed by atoms with Crippen LogP contribution >= 0.6 is 0 Å². The number of hydrogen-bond acceptors (Lipinski definition) is 5. The van der Waals surface area contributed by atoms with Gasteiger partial charge in [0.25, 0.3) is 0 Å². The summed E-state index contributed by atoms with van der Waals surface area (Å²) >= 11 is 0. The third kappa shape index (κ3) is 3.15. The Morgan fingerprint density at radius 1 is 1.31 bits per heavy atom. The molecule has 0 unspecified atom stereocenters. The second kappa shape index (κ2) is 7.38. The summed E-state index contributed by atoms with van der Waals surface area (Å²) in [6.07, 6.45) is 6.34. The van der Waals surface area contributed by atoms with Crippen LogP contribution in [0.3, 0.4) is 0 Å². The summed E-state index contributed by atoms with van der Waals surface area (Å²) in [5.74, 6) is 1.99. The van der Waals surface area contributed by atoms with Crippen molar-refractivity contribution in [2.24, 2.45) is 5.92 Å². The fourth-order valence-electron chi connectivity index (χ4n) is 3.58. The molecule has 1 aromatic carbocycles. The molecule has 5 heteroatoms. The number of carbonyl (C=O) groups is 1. The maximum absolute atomic E-state index is 12.3. The van der Waals surface area contributed by atoms with E-state index < -0.39 is 5.60 Å². The summed E-state index contributed by atoms with van der Waals surface area (Å²) in [6, 6.07) is 5.92. The smallest absolute Gasteiger partial charge is 0.231 e. The van der Waals surface area contributed by atoms with Crippen molar-refractivity contribution in [2.45, 2.75) is 25.4 Å². The first-order valence-electron chi connectivity index (χ1n) is 8.61. The van der Waals surface area contributed by atoms with Crippen LogP contribution < -0.4 is 9.47 Å². The highest BCUT2D eigenvalue weighted by molar-refractivity contribution is 6.06. The molecule has 0 aromatic heterocycles. The molecule has 0 fully saturated rings. The van der Waals surface area contributed by atoms with Gasteiger partial charge in [-0.2, -0.15) is 0 Å². The maximum Gasteiger partial charge on any atom is 0.231 e. The second-order valence-electron chi connectivity index (χ2n) is 6.53. The number of fused-ring (bicyclic) bond motifs is 1. The zero-order chi connectivity index (χ0) is 18.7. The molecule has 0 saturated heterocycles. The standard InChI is InChI=1S/C21H24O5/c1-5-6-16-12-21(24-4,20(23-3)11-17(16)22)14(2)9-15-7-8-18-19(10-15)26-13-25-18/h5,7-8,10-12,14H,1,6,9,13H2,2-4H3/t14-,21-/m0/s1. The van der Waals surface area contributed by atoms with Crippen LogP contribution in [0.5, 0.6) is 11.5 Å². The summed E-state index contributed by atoms with van der Waals surface area (Å²) < 4.78 is 22.3. The molecule has 0 N–H and O–H groups in total. The molecule has 1 aromatic rings. The van der Waals surface area contributed by atoms with Gasteiger partial charge in [-0.1, -0.05) is 19.1 Å². The summed E-state index contributed by atoms with van der Waals surface area (Å²) in [7, 11) is 3.20. The van der Waals surface area contributed by atoms with E-state index in [-0.39, 0.29) is 18.5 Å². The Labute approximate surface area is 153 Å². The first-order valence-corrected chi connectivity index (χ1v) is 8.61. The Morgan fingerprint density at radius 3 is 2.77 bits per heavy atom. The highest BCUT2D eigenvalue weighted by Crippen LogP contribution is 2.40. The minimum atomic E-state index is -0.808. The molecule has 2 aliphatic rings. The summed E-state index contributed by atoms with van der Waals surface area (Å²) in [6.45, 7) is 6.07. The van der Waals surface area contributed by atoms with Crippen molar-refractivity contribution in [3.8, 4) is 11.5 Å². The van der Waals surface area contributed by atoms with Gasteiger partial charge in [0.2, 0.25) is 6.79 Å². The van der Waals surface area contributed by atoms with Gasteiger partial charge in [-0.15, -0.1) is 6.58 Å². The third-order valence-electron chi connectivity index (χ3n) is 4.99. The summed E-state index contributed by atoms with van der Waals surface area (Å²) in [5, 5.41) is 0. The van der Waals surface area contributed by atoms with Gasteiger partial charge in [0.1, 0.15) is 11.4 Å². The zero-order valence-electron chi connectivity index (χ0n) is 15.4. The van der Waals surface area contributed by atoms with Gasteiger partial charge in [0.15, 0.2) is 17.3 Å². The maximum atomic E-state index is 12.3. The van der Waals surface area contributed by atoms with Crippen LogP contribution in [0.2, 0.25) is 0 Å². The highest BCUT2D eigenvalue weighted by Gasteiger charge is 2.43. The van der Waals surface area contributed by atoms with Gasteiger partial charge in [-0.05, 0) is 36.6 Å². The predicted octanol–water partition coefficient (Wildman–Crippen LogP) is 3.59. The summed E-state index contributed by atoms with van der Waals surface area (Å²) in [5.41, 5.74) is 0.960. The van der Waals surface area contributed by atoms with Crippen LogP contribution in [-0.4, -0.2) is 32.4 Å². The van der Waals surface area contributed by atoms with Crippen LogP contribution in [0, 0.1) is 5.92 Å². The molecule has 5 nitrogen and oxygen atoms in total. The van der Waals surface area contributed by atoms with E-state index in [0.717, 1.165) is 23.5 Å². The molecular weight excluding hydrogens is 332 g/mol. The van der Waals surface area contributed by atoms with Crippen molar-refractivity contribution < 1.29 is 23.7 Å². The third-order valence-corrected chi connectivity index (χ3v) is 4.99. The van der Waals surface area contributed by atoms with E-state index in [1.165, 1.54) is 6.08 Å². The predicted molar refractivity (Wildman–Crippen MR) is 98.2 cm³/mol. The average molecular weight is 356 g/mol. The van der Waals surface area contributed by atoms with Crippen molar-refractivity contribution in [1.82, 2.24) is 0 Å². The number of ketones is 1. The first-order chi connectivity index (χ1) is 12.5. The van der Waals surface area contributed by atoms with Crippen molar-refractivity contribution >= 4 is 5.78 Å². The first kappa shape index (κ1) is 18.3. The molecule has 3 rings (SSSR count). The van der Waals surface area contributed by atoms with Crippen molar-refractivity contribution in [1.29, 1.82) is 0 Å². The number of carbonyl (C=O) groups excluding carboxylic acids is 1. The summed E-state index contributed by atoms with van der Waals surface area (Å²) in [4.78, 5) is 12.3. The van der Waals surface area contributed by atoms with Crippen molar-refractivity contribution in [3.63, 3.8) is 0 Å². The topological polar surface area (TPSA) is 54.0 Å². The quantitative estimate of drug-likeness (QED) is 0.699. The Kier molecular flexibility index (Phi) is 5.18. The van der Waals surface area contributed by atoms with E-state index in [1.54, 1.807) is 20.3 Å². The molecule has 0 saturated carbocycles. The van der Waals surface area contributed by atoms with Crippen LogP contribution in [0.15, 0.2) is 54.3 Å². The van der Waals surface area contributed by atoms with Crippen LogP contribution in [-0.2, 0) is 20.7 Å². The van der Waals surface area contributed by atoms with Gasteiger partial charge >= 0.3 is 0 Å². The van der Waals surface area contributed by atoms with Gasteiger partial charge in [-0.3, -0.25) is 4.79 Å². The largest absolute Gasteiger partial charge is 0.498 e. The van der Waals surface area contributed by atoms with Crippen molar-refractivity contribution in [2.75, 3.05) is 21.0 Å². The number of ether oxygens (including phenoxy) is 4. The van der Waals surface area contributed by atoms with E-state index in [1.807, 2.05) is 24.3 Å². The minimum absolute atomic E-state index is 0.0204. The zero-order valence-corrected chi connectivity index (χ0v) is 15.4. The van der Waals surface area contributed by atoms with Crippen LogP contribution in [0.1, 0.15) is 18.9 Å². The number of benzene rings is 1. The molecule has 138 valence electrons. The number of hydrogen-bond donors (Lipinski definition) is 0. The molecule has 0 amide bonds. The van der Waals surface area contributed by atoms with Crippen LogP contribution in [0.4, 0.5) is 0 Å². The van der Waals surface area contributed by atoms with E-state index in [9.17, 15) is 4.79 Å². The number of rotatable bonds is 7. The van der Waals surface area contributed by atoms with Gasteiger partial charge in [0, 0.05) is 24.7 Å². The molecule has 1 aliphatic heterocycles. The molecule has 1 heterocycles. The second-order valence-corrected chi connectivity index (χ2v) is 6.53. The van der Waals surface area contributed by atoms with E-state index >= 15 is 0 Å². The lowest BCUT2D eigenvalue weighted by molar-refractivity contribution is -0.112. The minimum Gasteiger partial charge on any atom is -0.498 e. The number of allylic oxidation sites excluding steroid dienone is 3. The lowest BCUT2D eigenvalue weighted by Gasteiger charge is -2.39. The normalized spacial score (nSPS) is 22.5. The fourth-order valence-corrected chi connectivity index (χ4v) is 3.58. The van der Waals surface area contributed by atoms with E-state index in [0.29, 0.717) is 17.8 Å². The van der Waals surface area contributed by atoms with E-state index in [4.69, 9.17) is 18.9 Å². The monoisotopic (exact) mass is 356 g/mol. The van der Waals surface area contributed by atoms with Crippen LogP contribution in [0.25, 0.3) is 0 Å². The van der Waals surface area contributed by atoms with Gasteiger partial charge in [0.05, 0.1) is 7.11 Å². The van der Waals surface area contributed by atoms with E-state index in [2.05, 4.69) is 13.5 Å². The highest BCUT2D eigenvalue weighted by atomic mass is 16.7. The Morgan fingerprint density at radius 2 is 2.08 bits per heavy atom. The molecule has 26 heavy (non-hydrogen) atoms. The molecule has 0 bridgehead atoms. The SMILES string of the molecule is C=CCC1=C[C@](OC)([C@@H](C)Cc2ccc3c(c2)OCO3)C(OC)=CC1=O. The Balaban J connectivity index is 1.92. The molecular formula is C21H24O5. The number of methoxy groups -OCH3 is 2. The van der Waals surface area contributed by atoms with Gasteiger partial charge in [-0.25, -0.2) is 0 Å². The van der Waals surface area contributed by atoms with Crippen molar-refractivity contribution in [3.05, 3.63) is 59.9 Å². The Bertz CT molecular complexity index is 777. The molecule has 2 atom stereocenters. The average Bonchev–Trinajstić information content (AvgIpc) is 3.11. The lowest BCUT2D eigenvalue weighted by Crippen LogP contribution is -2.43. The lowest BCUT2D eigenvalue weighted by atomic mass is 9.77. The van der Waals surface area contributed by atoms with Gasteiger partial charge < -0.3 is 18.9 Å². The Hall–Kier alpha value is -2.53. The molecule has 1 aliphatic carbocycles. The molecule has 0 radical (unpaired) electrons. The fraction of sp³-hybridized carbons (Fsp3) is 0.381. The molecule has 0 spiro atoms.